The first-order valence-corrected chi connectivity index (χ1v) is 6.27. The number of rotatable bonds is 3. The molecule has 4 nitrogen and oxygen atoms in total. The van der Waals surface area contributed by atoms with Crippen LogP contribution in [0.25, 0.3) is 0 Å². The van der Waals surface area contributed by atoms with E-state index in [2.05, 4.69) is 10.3 Å². The van der Waals surface area contributed by atoms with Crippen molar-refractivity contribution < 1.29 is 9.53 Å². The third-order valence-electron chi connectivity index (χ3n) is 2.66. The molecule has 0 heterocycles. The minimum atomic E-state index is -0.178. The molecule has 96 valence electrons. The quantitative estimate of drug-likeness (QED) is 0.657. The van der Waals surface area contributed by atoms with Gasteiger partial charge in [-0.15, -0.1) is 0 Å². The lowest BCUT2D eigenvalue weighted by atomic mass is 10.1. The van der Waals surface area contributed by atoms with Crippen molar-refractivity contribution in [3.63, 3.8) is 0 Å². The third kappa shape index (κ3) is 3.58. The van der Waals surface area contributed by atoms with E-state index in [1.54, 1.807) is 12.1 Å². The van der Waals surface area contributed by atoms with Gasteiger partial charge in [-0.25, -0.2) is 4.99 Å². The molecule has 0 unspecified atom stereocenters. The fraction of sp³-hybridized carbons (Fsp3) is 0.429. The van der Waals surface area contributed by atoms with Gasteiger partial charge in [0.05, 0.1) is 12.6 Å². The molecule has 0 radical (unpaired) electrons. The van der Waals surface area contributed by atoms with Gasteiger partial charge in [0.25, 0.3) is 11.9 Å². The van der Waals surface area contributed by atoms with Crippen LogP contribution in [0.4, 0.5) is 0 Å². The summed E-state index contributed by atoms with van der Waals surface area (Å²) in [6, 6.07) is 8.08. The van der Waals surface area contributed by atoms with Gasteiger partial charge in [-0.3, -0.25) is 10.1 Å². The van der Waals surface area contributed by atoms with E-state index in [4.69, 9.17) is 4.74 Å². The van der Waals surface area contributed by atoms with Crippen LogP contribution < -0.4 is 5.32 Å². The Morgan fingerprint density at radius 2 is 2.06 bits per heavy atom. The summed E-state index contributed by atoms with van der Waals surface area (Å²) in [5, 5.41) is 2.71. The second-order valence-electron chi connectivity index (χ2n) is 4.42. The van der Waals surface area contributed by atoms with Crippen molar-refractivity contribution in [2.75, 3.05) is 6.61 Å². The number of carbonyl (C=O) groups excluding carboxylic acids is 1. The Balaban J connectivity index is 2.01. The fourth-order valence-electron chi connectivity index (χ4n) is 1.49. The Morgan fingerprint density at radius 1 is 1.39 bits per heavy atom. The number of hydrogen-bond donors (Lipinski definition) is 1. The summed E-state index contributed by atoms with van der Waals surface area (Å²) in [5.41, 5.74) is 1.74. The highest BCUT2D eigenvalue weighted by Crippen LogP contribution is 2.23. The van der Waals surface area contributed by atoms with Gasteiger partial charge >= 0.3 is 0 Å². The molecular formula is C14H18N2O2. The zero-order valence-corrected chi connectivity index (χ0v) is 10.8. The number of nitrogens with one attached hydrogen (secondary N) is 1. The van der Waals surface area contributed by atoms with Crippen molar-refractivity contribution >= 4 is 11.9 Å². The van der Waals surface area contributed by atoms with Crippen LogP contribution in [0.3, 0.4) is 0 Å². The van der Waals surface area contributed by atoms with Gasteiger partial charge in [-0.05, 0) is 38.8 Å². The molecule has 1 aromatic rings. The van der Waals surface area contributed by atoms with E-state index in [1.807, 2.05) is 26.0 Å². The second kappa shape index (κ2) is 5.67. The molecular weight excluding hydrogens is 228 g/mol. The Kier molecular flexibility index (Phi) is 3.97. The lowest BCUT2D eigenvalue weighted by molar-refractivity contribution is 0.0966. The van der Waals surface area contributed by atoms with Crippen LogP contribution in [-0.2, 0) is 4.74 Å². The largest absolute Gasteiger partial charge is 0.465 e. The number of carbonyl (C=O) groups is 1. The van der Waals surface area contributed by atoms with Gasteiger partial charge in [-0.1, -0.05) is 17.7 Å². The molecule has 0 spiro atoms. The molecule has 0 bridgehead atoms. The highest BCUT2D eigenvalue weighted by molar-refractivity contribution is 6.04. The normalized spacial score (nSPS) is 15.3. The summed E-state index contributed by atoms with van der Waals surface area (Å²) in [6.45, 7) is 4.36. The van der Waals surface area contributed by atoms with E-state index in [1.165, 1.54) is 0 Å². The van der Waals surface area contributed by atoms with Crippen molar-refractivity contribution in [3.05, 3.63) is 35.4 Å². The number of benzene rings is 1. The molecule has 1 aromatic carbocycles. The molecule has 0 atom stereocenters. The second-order valence-corrected chi connectivity index (χ2v) is 4.42. The summed E-state index contributed by atoms with van der Waals surface area (Å²) in [5.74, 6) is -0.178. The molecule has 1 aliphatic carbocycles. The smallest absolute Gasteiger partial charge is 0.291 e. The monoisotopic (exact) mass is 246 g/mol. The summed E-state index contributed by atoms with van der Waals surface area (Å²) in [7, 11) is 0. The van der Waals surface area contributed by atoms with Crippen LogP contribution in [0, 0.1) is 6.92 Å². The van der Waals surface area contributed by atoms with E-state index in [0.29, 0.717) is 24.2 Å². The minimum Gasteiger partial charge on any atom is -0.465 e. The van der Waals surface area contributed by atoms with Crippen LogP contribution in [0.2, 0.25) is 0 Å². The molecule has 18 heavy (non-hydrogen) atoms. The van der Waals surface area contributed by atoms with E-state index in [-0.39, 0.29) is 5.91 Å². The molecule has 4 heteroatoms. The first kappa shape index (κ1) is 12.6. The number of amidine groups is 1. The van der Waals surface area contributed by atoms with Crippen molar-refractivity contribution in [1.29, 1.82) is 0 Å². The number of hydrogen-bond acceptors (Lipinski definition) is 3. The molecule has 0 saturated heterocycles. The Hall–Kier alpha value is -1.84. The first-order valence-electron chi connectivity index (χ1n) is 6.27. The van der Waals surface area contributed by atoms with E-state index < -0.39 is 0 Å². The fourth-order valence-corrected chi connectivity index (χ4v) is 1.49. The molecule has 1 saturated carbocycles. The number of ether oxygens (including phenoxy) is 1. The molecule has 2 rings (SSSR count). The predicted octanol–water partition coefficient (Wildman–Crippen LogP) is 2.28. The van der Waals surface area contributed by atoms with Gasteiger partial charge in [0.2, 0.25) is 0 Å². The summed E-state index contributed by atoms with van der Waals surface area (Å²) >= 11 is 0. The van der Waals surface area contributed by atoms with E-state index in [0.717, 1.165) is 18.4 Å². The highest BCUT2D eigenvalue weighted by Gasteiger charge is 2.22. The van der Waals surface area contributed by atoms with Crippen molar-refractivity contribution in [1.82, 2.24) is 5.32 Å². The lowest BCUT2D eigenvalue weighted by Gasteiger charge is -2.09. The summed E-state index contributed by atoms with van der Waals surface area (Å²) < 4.78 is 5.33. The predicted molar refractivity (Wildman–Crippen MR) is 70.7 cm³/mol. The number of nitrogens with zero attached hydrogens (tertiary/aromatic N) is 1. The topological polar surface area (TPSA) is 50.7 Å². The van der Waals surface area contributed by atoms with Crippen LogP contribution >= 0.6 is 0 Å². The highest BCUT2D eigenvalue weighted by atomic mass is 16.5. The summed E-state index contributed by atoms with van der Waals surface area (Å²) in [6.07, 6.45) is 2.16. The molecule has 1 aliphatic rings. The van der Waals surface area contributed by atoms with Gasteiger partial charge in [0, 0.05) is 5.56 Å². The minimum absolute atomic E-state index is 0.178. The van der Waals surface area contributed by atoms with E-state index in [9.17, 15) is 4.79 Å². The third-order valence-corrected chi connectivity index (χ3v) is 2.66. The molecule has 1 amide bonds. The van der Waals surface area contributed by atoms with Crippen LogP contribution in [0.5, 0.6) is 0 Å². The SMILES string of the molecule is CCOC(=NC1CC1)NC(=O)c1ccc(C)cc1. The molecule has 0 aliphatic heterocycles. The molecule has 0 aromatic heterocycles. The van der Waals surface area contributed by atoms with E-state index >= 15 is 0 Å². The van der Waals surface area contributed by atoms with Crippen LogP contribution in [0.1, 0.15) is 35.7 Å². The van der Waals surface area contributed by atoms with Crippen LogP contribution in [0.15, 0.2) is 29.3 Å². The van der Waals surface area contributed by atoms with Crippen LogP contribution in [-0.4, -0.2) is 24.6 Å². The maximum absolute atomic E-state index is 12.0. The number of aliphatic imine (C=N–C) groups is 1. The van der Waals surface area contributed by atoms with Gasteiger partial charge in [0.1, 0.15) is 0 Å². The zero-order chi connectivity index (χ0) is 13.0. The first-order chi connectivity index (χ1) is 8.69. The maximum atomic E-state index is 12.0. The van der Waals surface area contributed by atoms with Gasteiger partial charge in [0.15, 0.2) is 0 Å². The Bertz CT molecular complexity index is 447. The zero-order valence-electron chi connectivity index (χ0n) is 10.8. The molecule has 1 fully saturated rings. The standard InChI is InChI=1S/C14H18N2O2/c1-3-18-14(15-12-8-9-12)16-13(17)11-6-4-10(2)5-7-11/h4-7,12H,3,8-9H2,1-2H3,(H,15,16,17). The van der Waals surface area contributed by atoms with Crippen molar-refractivity contribution in [2.24, 2.45) is 4.99 Å². The van der Waals surface area contributed by atoms with Crippen molar-refractivity contribution in [2.45, 2.75) is 32.7 Å². The van der Waals surface area contributed by atoms with Gasteiger partial charge in [-0.2, -0.15) is 0 Å². The van der Waals surface area contributed by atoms with Crippen molar-refractivity contribution in [3.8, 4) is 0 Å². The Labute approximate surface area is 107 Å². The summed E-state index contributed by atoms with van der Waals surface area (Å²) in [4.78, 5) is 16.3. The number of aryl methyl sites for hydroxylation is 1. The number of amides is 1. The lowest BCUT2D eigenvalue weighted by Crippen LogP contribution is -2.32. The molecule has 1 N–H and O–H groups in total. The average Bonchev–Trinajstić information content (AvgIpc) is 3.14. The average molecular weight is 246 g/mol. The Morgan fingerprint density at radius 3 is 2.61 bits per heavy atom. The van der Waals surface area contributed by atoms with Gasteiger partial charge < -0.3 is 4.74 Å². The maximum Gasteiger partial charge on any atom is 0.291 e.